The number of hydrogen-bond donors (Lipinski definition) is 0. The summed E-state index contributed by atoms with van der Waals surface area (Å²) < 4.78 is 8.11. The predicted octanol–water partition coefficient (Wildman–Crippen LogP) is 4.18. The van der Waals surface area contributed by atoms with E-state index in [4.69, 9.17) is 4.74 Å². The lowest BCUT2D eigenvalue weighted by Crippen LogP contribution is -2.46. The van der Waals surface area contributed by atoms with E-state index in [2.05, 4.69) is 52.5 Å². The number of anilines is 1. The summed E-state index contributed by atoms with van der Waals surface area (Å²) in [5.74, 6) is 1.15. The average Bonchev–Trinajstić information content (AvgIpc) is 3.14. The number of hydrogen-bond acceptors (Lipinski definition) is 4. The molecule has 0 aliphatic carbocycles. The topological polar surface area (TPSA) is 41.0 Å². The molecule has 3 heterocycles. The van der Waals surface area contributed by atoms with Crippen LogP contribution in [-0.4, -0.2) is 65.6 Å². The van der Waals surface area contributed by atoms with Crippen LogP contribution in [0.25, 0.3) is 0 Å². The molecule has 1 aromatic carbocycles. The molecule has 6 nitrogen and oxygen atoms in total. The summed E-state index contributed by atoms with van der Waals surface area (Å²) in [6.45, 7) is 10.7. The standard InChI is InChI=1S/C25H36N4O2.ClH/c1-20(2)31-24-10-6-5-9-22(24)28-17-15-27(16-18-28)19-21-11-12-23(26(21)3)25(30)29-13-7-4-8-14-29;/h5-6,9-12,20H,4,7-8,13-19H2,1-3H3;1H. The number of piperidine rings is 1. The fraction of sp³-hybridized carbons (Fsp3) is 0.560. The van der Waals surface area contributed by atoms with E-state index in [0.29, 0.717) is 0 Å². The Hall–Kier alpha value is -2.18. The lowest BCUT2D eigenvalue weighted by atomic mass is 10.1. The van der Waals surface area contributed by atoms with E-state index in [9.17, 15) is 4.79 Å². The minimum Gasteiger partial charge on any atom is -0.489 e. The molecule has 0 atom stereocenters. The third-order valence-corrected chi connectivity index (χ3v) is 6.41. The van der Waals surface area contributed by atoms with Crippen molar-refractivity contribution in [3.8, 4) is 5.75 Å². The van der Waals surface area contributed by atoms with E-state index in [-0.39, 0.29) is 24.4 Å². The lowest BCUT2D eigenvalue weighted by Gasteiger charge is -2.37. The molecule has 2 aliphatic heterocycles. The maximum atomic E-state index is 12.9. The van der Waals surface area contributed by atoms with Crippen molar-refractivity contribution >= 4 is 24.0 Å². The highest BCUT2D eigenvalue weighted by Gasteiger charge is 2.24. The molecule has 7 heteroatoms. The zero-order valence-electron chi connectivity index (χ0n) is 19.6. The Labute approximate surface area is 198 Å². The van der Waals surface area contributed by atoms with E-state index in [1.807, 2.05) is 24.1 Å². The number of carbonyl (C=O) groups excluding carboxylic acids is 1. The Morgan fingerprint density at radius 3 is 2.31 bits per heavy atom. The van der Waals surface area contributed by atoms with Gasteiger partial charge in [-0.05, 0) is 57.4 Å². The largest absolute Gasteiger partial charge is 0.489 e. The van der Waals surface area contributed by atoms with Crippen LogP contribution >= 0.6 is 12.4 Å². The van der Waals surface area contributed by atoms with Gasteiger partial charge in [0.2, 0.25) is 0 Å². The van der Waals surface area contributed by atoms with Crippen molar-refractivity contribution in [2.24, 2.45) is 7.05 Å². The molecule has 2 saturated heterocycles. The maximum Gasteiger partial charge on any atom is 0.270 e. The molecule has 2 aliphatic rings. The molecule has 0 radical (unpaired) electrons. The van der Waals surface area contributed by atoms with Gasteiger partial charge in [0.1, 0.15) is 11.4 Å². The number of benzene rings is 1. The first kappa shape index (κ1) is 24.5. The molecule has 32 heavy (non-hydrogen) atoms. The number of halogens is 1. The third kappa shape index (κ3) is 5.59. The molecule has 2 fully saturated rings. The number of likely N-dealkylation sites (tertiary alicyclic amines) is 1. The first-order valence-corrected chi connectivity index (χ1v) is 11.7. The van der Waals surface area contributed by atoms with Crippen molar-refractivity contribution in [3.05, 3.63) is 47.8 Å². The quantitative estimate of drug-likeness (QED) is 0.648. The molecular formula is C25H37ClN4O2. The van der Waals surface area contributed by atoms with Crippen molar-refractivity contribution in [1.82, 2.24) is 14.4 Å². The lowest BCUT2D eigenvalue weighted by molar-refractivity contribution is 0.0714. The molecular weight excluding hydrogens is 424 g/mol. The molecule has 1 amide bonds. The van der Waals surface area contributed by atoms with Crippen LogP contribution in [0.3, 0.4) is 0 Å². The first-order chi connectivity index (χ1) is 15.0. The predicted molar refractivity (Wildman–Crippen MR) is 132 cm³/mol. The van der Waals surface area contributed by atoms with Gasteiger partial charge in [-0.1, -0.05) is 12.1 Å². The zero-order chi connectivity index (χ0) is 21.8. The normalized spacial score (nSPS) is 17.4. The van der Waals surface area contributed by atoms with Crippen LogP contribution in [0.1, 0.15) is 49.3 Å². The van der Waals surface area contributed by atoms with Crippen LogP contribution < -0.4 is 9.64 Å². The summed E-state index contributed by atoms with van der Waals surface area (Å²) in [4.78, 5) is 19.8. The van der Waals surface area contributed by atoms with E-state index in [1.165, 1.54) is 17.8 Å². The third-order valence-electron chi connectivity index (χ3n) is 6.41. The molecule has 0 saturated carbocycles. The highest BCUT2D eigenvalue weighted by molar-refractivity contribution is 5.93. The Balaban J connectivity index is 0.00000289. The highest BCUT2D eigenvalue weighted by Crippen LogP contribution is 2.30. The molecule has 0 unspecified atom stereocenters. The molecule has 1 aromatic heterocycles. The number of nitrogens with zero attached hydrogens (tertiary/aromatic N) is 4. The fourth-order valence-corrected chi connectivity index (χ4v) is 4.63. The minimum absolute atomic E-state index is 0. The van der Waals surface area contributed by atoms with E-state index in [1.54, 1.807) is 0 Å². The SMILES string of the molecule is CC(C)Oc1ccccc1N1CCN(Cc2ccc(C(=O)N3CCCCC3)n2C)CC1.Cl. The van der Waals surface area contributed by atoms with Gasteiger partial charge in [0.05, 0.1) is 11.8 Å². The van der Waals surface area contributed by atoms with Gasteiger partial charge >= 0.3 is 0 Å². The van der Waals surface area contributed by atoms with Gasteiger partial charge in [0.25, 0.3) is 5.91 Å². The number of piperazine rings is 1. The van der Waals surface area contributed by atoms with E-state index in [0.717, 1.165) is 70.1 Å². The number of ether oxygens (including phenoxy) is 1. The van der Waals surface area contributed by atoms with Crippen LogP contribution in [-0.2, 0) is 13.6 Å². The van der Waals surface area contributed by atoms with Crippen LogP contribution in [0, 0.1) is 0 Å². The molecule has 0 bridgehead atoms. The Morgan fingerprint density at radius 2 is 1.62 bits per heavy atom. The van der Waals surface area contributed by atoms with Crippen LogP contribution in [0.15, 0.2) is 36.4 Å². The zero-order valence-corrected chi connectivity index (χ0v) is 20.4. The second kappa shape index (κ2) is 11.1. The van der Waals surface area contributed by atoms with Crippen molar-refractivity contribution in [1.29, 1.82) is 0 Å². The van der Waals surface area contributed by atoms with Gasteiger partial charge in [-0.15, -0.1) is 12.4 Å². The van der Waals surface area contributed by atoms with Crippen molar-refractivity contribution < 1.29 is 9.53 Å². The molecule has 2 aromatic rings. The summed E-state index contributed by atoms with van der Waals surface area (Å²) in [5, 5.41) is 0. The van der Waals surface area contributed by atoms with Crippen molar-refractivity contribution in [2.75, 3.05) is 44.2 Å². The maximum absolute atomic E-state index is 12.9. The summed E-state index contributed by atoms with van der Waals surface area (Å²) in [5.41, 5.74) is 3.21. The fourth-order valence-electron chi connectivity index (χ4n) is 4.63. The monoisotopic (exact) mass is 460 g/mol. The van der Waals surface area contributed by atoms with Crippen molar-refractivity contribution in [3.63, 3.8) is 0 Å². The minimum atomic E-state index is 0. The summed E-state index contributed by atoms with van der Waals surface area (Å²) in [7, 11) is 2.03. The smallest absolute Gasteiger partial charge is 0.270 e. The first-order valence-electron chi connectivity index (χ1n) is 11.7. The van der Waals surface area contributed by atoms with Gasteiger partial charge in [0.15, 0.2) is 0 Å². The molecule has 176 valence electrons. The number of rotatable bonds is 6. The number of carbonyl (C=O) groups is 1. The second-order valence-electron chi connectivity index (χ2n) is 9.02. The molecule has 0 N–H and O–H groups in total. The van der Waals surface area contributed by atoms with Crippen LogP contribution in [0.2, 0.25) is 0 Å². The summed E-state index contributed by atoms with van der Waals surface area (Å²) in [6.07, 6.45) is 3.65. The van der Waals surface area contributed by atoms with Gasteiger partial charge in [-0.2, -0.15) is 0 Å². The second-order valence-corrected chi connectivity index (χ2v) is 9.02. The van der Waals surface area contributed by atoms with Crippen molar-refractivity contribution in [2.45, 2.75) is 45.8 Å². The summed E-state index contributed by atoms with van der Waals surface area (Å²) >= 11 is 0. The summed E-state index contributed by atoms with van der Waals surface area (Å²) in [6, 6.07) is 12.5. The van der Waals surface area contributed by atoms with E-state index >= 15 is 0 Å². The highest BCUT2D eigenvalue weighted by atomic mass is 35.5. The van der Waals surface area contributed by atoms with Gasteiger partial charge < -0.3 is 19.1 Å². The average molecular weight is 461 g/mol. The Bertz CT molecular complexity index is 884. The van der Waals surface area contributed by atoms with Crippen LogP contribution in [0.5, 0.6) is 5.75 Å². The van der Waals surface area contributed by atoms with Gasteiger partial charge in [-0.3, -0.25) is 9.69 Å². The van der Waals surface area contributed by atoms with Gasteiger partial charge in [0, 0.05) is 58.6 Å². The van der Waals surface area contributed by atoms with E-state index < -0.39 is 0 Å². The number of para-hydroxylation sites is 2. The molecule has 0 spiro atoms. The Kier molecular flexibility index (Phi) is 8.49. The number of aromatic nitrogens is 1. The number of amides is 1. The Morgan fingerprint density at radius 1 is 0.938 bits per heavy atom. The molecule has 4 rings (SSSR count). The van der Waals surface area contributed by atoms with Crippen LogP contribution in [0.4, 0.5) is 5.69 Å². The van der Waals surface area contributed by atoms with Gasteiger partial charge in [-0.25, -0.2) is 0 Å².